The number of pyridine rings is 1. The third-order valence-electron chi connectivity index (χ3n) is 3.43. The summed E-state index contributed by atoms with van der Waals surface area (Å²) in [6.07, 6.45) is 4.56. The summed E-state index contributed by atoms with van der Waals surface area (Å²) in [6.45, 7) is 0. The van der Waals surface area contributed by atoms with Crippen LogP contribution in [-0.2, 0) is 0 Å². The first-order valence-corrected chi connectivity index (χ1v) is 8.31. The van der Waals surface area contributed by atoms with Crippen molar-refractivity contribution in [2.75, 3.05) is 5.32 Å². The number of carbonyl (C=O) groups excluding carboxylic acids is 1. The highest BCUT2D eigenvalue weighted by Crippen LogP contribution is 2.24. The van der Waals surface area contributed by atoms with Crippen LogP contribution >= 0.6 is 11.3 Å². The monoisotopic (exact) mass is 348 g/mol. The Morgan fingerprint density at radius 3 is 2.80 bits per heavy atom. The molecule has 8 heteroatoms. The Morgan fingerprint density at radius 2 is 2.00 bits per heavy atom. The second-order valence-electron chi connectivity index (χ2n) is 5.07. The standard InChI is InChI=1S/C17H12N6OS/c24-16(14-9-25-17(22-14)12-5-2-1-3-6-12)21-13-7-4-8-19-15(13)23-11-18-10-20-23/h1-11H,(H,21,24). The smallest absolute Gasteiger partial charge is 0.275 e. The maximum Gasteiger partial charge on any atom is 0.275 e. The summed E-state index contributed by atoms with van der Waals surface area (Å²) in [6, 6.07) is 13.2. The van der Waals surface area contributed by atoms with Crippen molar-refractivity contribution >= 4 is 22.9 Å². The molecule has 0 saturated carbocycles. The predicted molar refractivity (Wildman–Crippen MR) is 94.7 cm³/mol. The van der Waals surface area contributed by atoms with Crippen molar-refractivity contribution in [2.45, 2.75) is 0 Å². The molecule has 122 valence electrons. The zero-order valence-electron chi connectivity index (χ0n) is 12.9. The van der Waals surface area contributed by atoms with Gasteiger partial charge in [-0.15, -0.1) is 11.3 Å². The van der Waals surface area contributed by atoms with Crippen LogP contribution in [0.15, 0.2) is 66.7 Å². The Morgan fingerprint density at radius 1 is 1.12 bits per heavy atom. The molecule has 7 nitrogen and oxygen atoms in total. The van der Waals surface area contributed by atoms with Crippen molar-refractivity contribution in [1.82, 2.24) is 24.7 Å². The van der Waals surface area contributed by atoms with E-state index >= 15 is 0 Å². The van der Waals surface area contributed by atoms with E-state index in [0.29, 0.717) is 17.2 Å². The number of nitrogens with zero attached hydrogens (tertiary/aromatic N) is 5. The molecule has 0 spiro atoms. The molecule has 25 heavy (non-hydrogen) atoms. The van der Waals surface area contributed by atoms with E-state index < -0.39 is 0 Å². The van der Waals surface area contributed by atoms with E-state index in [0.717, 1.165) is 10.6 Å². The van der Waals surface area contributed by atoms with Gasteiger partial charge in [0.05, 0.1) is 5.69 Å². The first-order chi connectivity index (χ1) is 12.3. The molecule has 0 aliphatic heterocycles. The quantitative estimate of drug-likeness (QED) is 0.613. The molecular weight excluding hydrogens is 336 g/mol. The van der Waals surface area contributed by atoms with Crippen molar-refractivity contribution in [3.8, 4) is 16.4 Å². The number of hydrogen-bond acceptors (Lipinski definition) is 6. The minimum Gasteiger partial charge on any atom is -0.317 e. The van der Waals surface area contributed by atoms with Crippen LogP contribution in [0, 0.1) is 0 Å². The SMILES string of the molecule is O=C(Nc1cccnc1-n1cncn1)c1csc(-c2ccccc2)n1. The van der Waals surface area contributed by atoms with Crippen LogP contribution in [0.4, 0.5) is 5.69 Å². The van der Waals surface area contributed by atoms with Crippen molar-refractivity contribution in [3.63, 3.8) is 0 Å². The molecule has 0 bridgehead atoms. The van der Waals surface area contributed by atoms with Gasteiger partial charge in [0.25, 0.3) is 5.91 Å². The van der Waals surface area contributed by atoms with Gasteiger partial charge in [-0.05, 0) is 12.1 Å². The van der Waals surface area contributed by atoms with Crippen LogP contribution in [0.25, 0.3) is 16.4 Å². The normalized spacial score (nSPS) is 10.6. The molecular formula is C17H12N6OS. The van der Waals surface area contributed by atoms with Gasteiger partial charge >= 0.3 is 0 Å². The van der Waals surface area contributed by atoms with E-state index in [1.165, 1.54) is 28.7 Å². The van der Waals surface area contributed by atoms with Crippen LogP contribution in [0.1, 0.15) is 10.5 Å². The first-order valence-electron chi connectivity index (χ1n) is 7.43. The molecule has 4 aromatic rings. The van der Waals surface area contributed by atoms with E-state index in [1.54, 1.807) is 23.7 Å². The lowest BCUT2D eigenvalue weighted by atomic mass is 10.2. The molecule has 0 aliphatic rings. The third-order valence-corrected chi connectivity index (χ3v) is 4.32. The highest BCUT2D eigenvalue weighted by molar-refractivity contribution is 7.13. The second kappa shape index (κ2) is 6.62. The minimum absolute atomic E-state index is 0.298. The third kappa shape index (κ3) is 3.15. The number of anilines is 1. The van der Waals surface area contributed by atoms with Crippen LogP contribution in [0.2, 0.25) is 0 Å². The molecule has 0 unspecified atom stereocenters. The molecule has 1 N–H and O–H groups in total. The summed E-state index contributed by atoms with van der Waals surface area (Å²) < 4.78 is 1.49. The van der Waals surface area contributed by atoms with Gasteiger partial charge in [0, 0.05) is 17.1 Å². The van der Waals surface area contributed by atoms with E-state index in [-0.39, 0.29) is 5.91 Å². The number of nitrogens with one attached hydrogen (secondary N) is 1. The maximum absolute atomic E-state index is 12.5. The lowest BCUT2D eigenvalue weighted by Gasteiger charge is -2.08. The molecule has 0 fully saturated rings. The first kappa shape index (κ1) is 15.2. The summed E-state index contributed by atoms with van der Waals surface area (Å²) in [5.74, 6) is 0.194. The van der Waals surface area contributed by atoms with Crippen molar-refractivity contribution in [1.29, 1.82) is 0 Å². The summed E-state index contributed by atoms with van der Waals surface area (Å²) >= 11 is 1.43. The average Bonchev–Trinajstić information content (AvgIpc) is 3.35. The number of benzene rings is 1. The van der Waals surface area contributed by atoms with Crippen LogP contribution in [-0.4, -0.2) is 30.6 Å². The van der Waals surface area contributed by atoms with Crippen molar-refractivity contribution in [3.05, 3.63) is 72.4 Å². The molecule has 1 aromatic carbocycles. The molecule has 1 amide bonds. The van der Waals surface area contributed by atoms with Gasteiger partial charge in [-0.2, -0.15) is 5.10 Å². The predicted octanol–water partition coefficient (Wildman–Crippen LogP) is 3.04. The molecule has 4 rings (SSSR count). The highest BCUT2D eigenvalue weighted by Gasteiger charge is 2.15. The van der Waals surface area contributed by atoms with Crippen LogP contribution in [0.3, 0.4) is 0 Å². The zero-order valence-corrected chi connectivity index (χ0v) is 13.7. The van der Waals surface area contributed by atoms with Crippen molar-refractivity contribution in [2.24, 2.45) is 0 Å². The molecule has 3 aromatic heterocycles. The highest BCUT2D eigenvalue weighted by atomic mass is 32.1. The second-order valence-corrected chi connectivity index (χ2v) is 5.93. The number of thiazole rings is 1. The summed E-state index contributed by atoms with van der Waals surface area (Å²) in [4.78, 5) is 25.1. The topological polar surface area (TPSA) is 85.6 Å². The summed E-state index contributed by atoms with van der Waals surface area (Å²) in [5, 5.41) is 9.42. The Kier molecular flexibility index (Phi) is 4.01. The minimum atomic E-state index is -0.298. The molecule has 0 radical (unpaired) electrons. The van der Waals surface area contributed by atoms with Gasteiger partial charge in [0.1, 0.15) is 23.4 Å². The van der Waals surface area contributed by atoms with Gasteiger partial charge in [-0.25, -0.2) is 19.6 Å². The Balaban J connectivity index is 1.59. The fourth-order valence-electron chi connectivity index (χ4n) is 2.27. The molecule has 0 atom stereocenters. The Bertz CT molecular complexity index is 997. The van der Waals surface area contributed by atoms with E-state index in [4.69, 9.17) is 0 Å². The molecule has 3 heterocycles. The number of carbonyl (C=O) groups is 1. The van der Waals surface area contributed by atoms with Gasteiger partial charge in [0.15, 0.2) is 5.82 Å². The summed E-state index contributed by atoms with van der Waals surface area (Å²) in [7, 11) is 0. The Labute approximate surface area is 147 Å². The lowest BCUT2D eigenvalue weighted by Crippen LogP contribution is -2.15. The van der Waals surface area contributed by atoms with Crippen LogP contribution < -0.4 is 5.32 Å². The Hall–Kier alpha value is -3.39. The van der Waals surface area contributed by atoms with Gasteiger partial charge < -0.3 is 5.32 Å². The maximum atomic E-state index is 12.5. The van der Waals surface area contributed by atoms with Gasteiger partial charge in [-0.3, -0.25) is 4.79 Å². The van der Waals surface area contributed by atoms with Crippen LogP contribution in [0.5, 0.6) is 0 Å². The number of rotatable bonds is 4. The fourth-order valence-corrected chi connectivity index (χ4v) is 3.08. The van der Waals surface area contributed by atoms with E-state index in [9.17, 15) is 4.79 Å². The lowest BCUT2D eigenvalue weighted by molar-refractivity contribution is 0.102. The van der Waals surface area contributed by atoms with Gasteiger partial charge in [-0.1, -0.05) is 30.3 Å². The number of aromatic nitrogens is 5. The summed E-state index contributed by atoms with van der Waals surface area (Å²) in [5.41, 5.74) is 1.88. The molecule has 0 aliphatic carbocycles. The zero-order chi connectivity index (χ0) is 17.1. The number of hydrogen-bond donors (Lipinski definition) is 1. The largest absolute Gasteiger partial charge is 0.317 e. The van der Waals surface area contributed by atoms with Gasteiger partial charge in [0.2, 0.25) is 0 Å². The number of amides is 1. The van der Waals surface area contributed by atoms with Crippen molar-refractivity contribution < 1.29 is 4.79 Å². The molecule has 0 saturated heterocycles. The fraction of sp³-hybridized carbons (Fsp3) is 0. The van der Waals surface area contributed by atoms with E-state index in [2.05, 4.69) is 25.4 Å². The average molecular weight is 348 g/mol. The van der Waals surface area contributed by atoms with E-state index in [1.807, 2.05) is 30.3 Å².